The molecule has 0 radical (unpaired) electrons. The summed E-state index contributed by atoms with van der Waals surface area (Å²) in [6.07, 6.45) is 1.05. The summed E-state index contributed by atoms with van der Waals surface area (Å²) in [5.74, 6) is -1.03. The summed E-state index contributed by atoms with van der Waals surface area (Å²) in [5.41, 5.74) is -0.0732. The molecule has 6 N–H and O–H groups in total. The molecule has 3 saturated carbocycles. The molecule has 4 unspecified atom stereocenters. The molecule has 1 heterocycles. The van der Waals surface area contributed by atoms with E-state index in [1.165, 1.54) is 30.7 Å². The summed E-state index contributed by atoms with van der Waals surface area (Å²) in [7, 11) is 0. The highest BCUT2D eigenvalue weighted by molar-refractivity contribution is 6.30. The lowest BCUT2D eigenvalue weighted by Gasteiger charge is -2.26. The van der Waals surface area contributed by atoms with Gasteiger partial charge in [0.1, 0.15) is 17.4 Å². The quantitative estimate of drug-likeness (QED) is 0.0816. The number of fused-ring (bicyclic) bond motifs is 2. The number of hydrogen-bond acceptors (Lipinski definition) is 12. The molecule has 4 aromatic rings. The maximum atomic E-state index is 13.0. The predicted octanol–water partition coefficient (Wildman–Crippen LogP) is 5.19. The lowest BCUT2D eigenvalue weighted by molar-refractivity contribution is -0.154. The van der Waals surface area contributed by atoms with Crippen molar-refractivity contribution < 1.29 is 32.6 Å². The molecule has 4 atom stereocenters. The third-order valence-electron chi connectivity index (χ3n) is 10.2. The second-order valence-electron chi connectivity index (χ2n) is 14.0. The molecule has 0 saturated heterocycles. The van der Waals surface area contributed by atoms with Crippen LogP contribution in [-0.2, 0) is 10.3 Å². The van der Waals surface area contributed by atoms with Crippen molar-refractivity contribution in [3.05, 3.63) is 85.1 Å². The number of alkyl halides is 3. The van der Waals surface area contributed by atoms with E-state index in [-0.39, 0.29) is 47.8 Å². The van der Waals surface area contributed by atoms with Crippen LogP contribution in [0.4, 0.5) is 42.1 Å². The van der Waals surface area contributed by atoms with E-state index < -0.39 is 53.1 Å². The third kappa shape index (κ3) is 8.35. The van der Waals surface area contributed by atoms with Gasteiger partial charge in [0.2, 0.25) is 11.9 Å². The fourth-order valence-electron chi connectivity index (χ4n) is 7.25. The van der Waals surface area contributed by atoms with E-state index in [1.807, 2.05) is 12.1 Å². The van der Waals surface area contributed by atoms with E-state index in [1.54, 1.807) is 12.1 Å². The number of rotatable bonds is 16. The van der Waals surface area contributed by atoms with Crippen LogP contribution in [0.1, 0.15) is 60.9 Å². The topological polar surface area (TPSA) is 197 Å². The van der Waals surface area contributed by atoms with E-state index in [4.69, 9.17) is 16.3 Å². The van der Waals surface area contributed by atoms with Gasteiger partial charge < -0.3 is 36.4 Å². The predicted molar refractivity (Wildman–Crippen MR) is 193 cm³/mol. The maximum Gasteiger partial charge on any atom is 0.422 e. The van der Waals surface area contributed by atoms with Crippen molar-refractivity contribution in [3.8, 4) is 6.01 Å². The SMILES string of the molecule is O=C(NC(CCNc1c(NC2CC3CCC2C3)c(=O)c1=O)C(=O)O)c1ccc(Nc2nc(NC3(c4ccc(Cl)cc4)CC3)nc(OCC(F)(F)F)n2)cc1. The lowest BCUT2D eigenvalue weighted by Crippen LogP contribution is -2.43. The van der Waals surface area contributed by atoms with Crippen molar-refractivity contribution in [1.82, 2.24) is 20.3 Å². The Labute approximate surface area is 311 Å². The molecule has 3 aromatic carbocycles. The number of halogens is 4. The van der Waals surface area contributed by atoms with Crippen LogP contribution in [0, 0.1) is 11.8 Å². The molecule has 7 rings (SSSR count). The van der Waals surface area contributed by atoms with E-state index in [2.05, 4.69) is 41.5 Å². The maximum absolute atomic E-state index is 13.0. The molecule has 18 heteroatoms. The van der Waals surface area contributed by atoms with E-state index in [9.17, 15) is 37.5 Å². The molecule has 3 fully saturated rings. The van der Waals surface area contributed by atoms with Crippen LogP contribution in [-0.4, -0.2) is 63.3 Å². The summed E-state index contributed by atoms with van der Waals surface area (Å²) in [6.45, 7) is -1.61. The Morgan fingerprint density at radius 1 is 0.944 bits per heavy atom. The van der Waals surface area contributed by atoms with Crippen LogP contribution in [0.3, 0.4) is 0 Å². The highest BCUT2D eigenvalue weighted by Crippen LogP contribution is 2.48. The van der Waals surface area contributed by atoms with Crippen molar-refractivity contribution in [2.24, 2.45) is 11.8 Å². The minimum absolute atomic E-state index is 0.00856. The highest BCUT2D eigenvalue weighted by atomic mass is 35.5. The van der Waals surface area contributed by atoms with Crippen LogP contribution in [0.2, 0.25) is 5.02 Å². The summed E-state index contributed by atoms with van der Waals surface area (Å²) < 4.78 is 43.7. The van der Waals surface area contributed by atoms with Gasteiger partial charge in [-0.25, -0.2) is 4.79 Å². The van der Waals surface area contributed by atoms with Crippen LogP contribution in [0.15, 0.2) is 58.1 Å². The second-order valence-corrected chi connectivity index (χ2v) is 14.4. The van der Waals surface area contributed by atoms with Crippen LogP contribution in [0.25, 0.3) is 0 Å². The molecule has 54 heavy (non-hydrogen) atoms. The fourth-order valence-corrected chi connectivity index (χ4v) is 7.38. The van der Waals surface area contributed by atoms with Crippen LogP contribution < -0.4 is 42.2 Å². The molecule has 14 nitrogen and oxygen atoms in total. The zero-order valence-corrected chi connectivity index (χ0v) is 29.4. The van der Waals surface area contributed by atoms with Gasteiger partial charge in [0.15, 0.2) is 6.61 Å². The minimum Gasteiger partial charge on any atom is -0.480 e. The molecular formula is C36H36ClF3N8O6. The molecule has 2 bridgehead atoms. The number of ether oxygens (including phenoxy) is 1. The first-order valence-electron chi connectivity index (χ1n) is 17.5. The number of nitrogens with zero attached hydrogens (tertiary/aromatic N) is 3. The molecule has 3 aliphatic rings. The Morgan fingerprint density at radius 3 is 2.28 bits per heavy atom. The molecule has 3 aliphatic carbocycles. The van der Waals surface area contributed by atoms with Crippen molar-refractivity contribution in [3.63, 3.8) is 0 Å². The zero-order chi connectivity index (χ0) is 38.2. The average Bonchev–Trinajstić information content (AvgIpc) is 3.59. The van der Waals surface area contributed by atoms with Gasteiger partial charge >= 0.3 is 18.2 Å². The Balaban J connectivity index is 0.969. The standard InChI is InChI=1S/C36H36ClF3N8O6/c37-22-7-5-21(6-8-22)35(12-13-35)48-33-45-32(46-34(47-33)54-17-36(38,39)40)42-23-9-3-19(4-10-23)30(51)44-24(31(52)53)11-14-41-26-27(29(50)28(26)49)43-25-16-18-1-2-20(25)15-18/h3-10,18,20,24-25,41,43H,1-2,11-17H2,(H,44,51)(H,52,53)(H2,42,45,46,47,48). The first-order chi connectivity index (χ1) is 25.7. The van der Waals surface area contributed by atoms with Crippen molar-refractivity contribution in [2.75, 3.05) is 34.4 Å². The number of benzene rings is 2. The number of carbonyl (C=O) groups excluding carboxylic acids is 1. The van der Waals surface area contributed by atoms with Gasteiger partial charge in [-0.2, -0.15) is 28.1 Å². The summed E-state index contributed by atoms with van der Waals surface area (Å²) >= 11 is 6.03. The number of carboxylic acids is 1. The molecular weight excluding hydrogens is 733 g/mol. The van der Waals surface area contributed by atoms with Crippen molar-refractivity contribution >= 4 is 52.4 Å². The fraction of sp³-hybridized carbons (Fsp3) is 0.417. The highest BCUT2D eigenvalue weighted by Gasteiger charge is 2.45. The van der Waals surface area contributed by atoms with Gasteiger partial charge in [-0.05, 0) is 92.3 Å². The normalized spacial score (nSPS) is 20.3. The van der Waals surface area contributed by atoms with Crippen LogP contribution >= 0.6 is 11.6 Å². The van der Waals surface area contributed by atoms with Gasteiger partial charge in [-0.3, -0.25) is 14.4 Å². The summed E-state index contributed by atoms with van der Waals surface area (Å²) in [4.78, 5) is 61.9. The second kappa shape index (κ2) is 14.8. The monoisotopic (exact) mass is 768 g/mol. The number of aromatic nitrogens is 3. The number of carboxylic acid groups (broad SMARTS) is 1. The van der Waals surface area contributed by atoms with Gasteiger partial charge in [0.05, 0.1) is 5.54 Å². The largest absolute Gasteiger partial charge is 0.480 e. The summed E-state index contributed by atoms with van der Waals surface area (Å²) in [5, 5.41) is 25.0. The van der Waals surface area contributed by atoms with E-state index in [0.29, 0.717) is 35.4 Å². The third-order valence-corrected chi connectivity index (χ3v) is 10.4. The average molecular weight is 769 g/mol. The molecule has 0 aliphatic heterocycles. The number of nitrogens with one attached hydrogen (secondary N) is 5. The number of amides is 1. The molecule has 0 spiro atoms. The van der Waals surface area contributed by atoms with E-state index in [0.717, 1.165) is 24.8 Å². The van der Waals surface area contributed by atoms with Crippen molar-refractivity contribution in [1.29, 1.82) is 0 Å². The van der Waals surface area contributed by atoms with Gasteiger partial charge in [0, 0.05) is 28.9 Å². The molecule has 1 amide bonds. The van der Waals surface area contributed by atoms with Crippen molar-refractivity contribution in [2.45, 2.75) is 68.7 Å². The number of anilines is 5. The number of aliphatic carboxylic acids is 1. The Morgan fingerprint density at radius 2 is 1.65 bits per heavy atom. The van der Waals surface area contributed by atoms with E-state index >= 15 is 0 Å². The molecule has 284 valence electrons. The molecule has 1 aromatic heterocycles. The Bertz CT molecular complexity index is 2110. The lowest BCUT2D eigenvalue weighted by atomic mass is 9.94. The van der Waals surface area contributed by atoms with Crippen LogP contribution in [0.5, 0.6) is 6.01 Å². The number of carbonyl (C=O) groups is 2. The van der Waals surface area contributed by atoms with Gasteiger partial charge in [-0.15, -0.1) is 0 Å². The first kappa shape index (κ1) is 36.9. The van der Waals surface area contributed by atoms with Gasteiger partial charge in [-0.1, -0.05) is 30.2 Å². The smallest absolute Gasteiger partial charge is 0.422 e. The Hall–Kier alpha value is -5.45. The minimum atomic E-state index is -4.63. The zero-order valence-electron chi connectivity index (χ0n) is 28.6. The summed E-state index contributed by atoms with van der Waals surface area (Å²) in [6, 6.07) is 11.2. The van der Waals surface area contributed by atoms with Gasteiger partial charge in [0.25, 0.3) is 16.8 Å². The first-order valence-corrected chi connectivity index (χ1v) is 17.9. The number of hydrogen-bond donors (Lipinski definition) is 6. The Kier molecular flexibility index (Phi) is 10.1.